The van der Waals surface area contributed by atoms with Crippen LogP contribution >= 0.6 is 11.7 Å². The quantitative estimate of drug-likeness (QED) is 0.698. The Morgan fingerprint density at radius 2 is 1.84 bits per heavy atom. The van der Waals surface area contributed by atoms with Crippen LogP contribution in [0.2, 0.25) is 0 Å². The fourth-order valence-electron chi connectivity index (χ4n) is 2.62. The third kappa shape index (κ3) is 3.70. The number of sulfonamides is 1. The highest BCUT2D eigenvalue weighted by Crippen LogP contribution is 2.14. The normalized spacial score (nSPS) is 16.4. The molecule has 136 valence electrons. The van der Waals surface area contributed by atoms with Crippen molar-refractivity contribution in [2.24, 2.45) is 0 Å². The maximum atomic E-state index is 12.7. The molecule has 0 saturated carbocycles. The van der Waals surface area contributed by atoms with Gasteiger partial charge in [0.2, 0.25) is 10.0 Å². The molecule has 0 radical (unpaired) electrons. The molecule has 10 nitrogen and oxygen atoms in total. The van der Waals surface area contributed by atoms with Gasteiger partial charge in [0.1, 0.15) is 0 Å². The summed E-state index contributed by atoms with van der Waals surface area (Å²) in [4.78, 5) is 14.3. The lowest BCUT2D eigenvalue weighted by molar-refractivity contribution is 0.0691. The lowest BCUT2D eigenvalue weighted by Crippen LogP contribution is -2.50. The summed E-state index contributed by atoms with van der Waals surface area (Å²) in [5, 5.41) is 8.07. The van der Waals surface area contributed by atoms with Crippen molar-refractivity contribution in [3.63, 3.8) is 0 Å². The summed E-state index contributed by atoms with van der Waals surface area (Å²) in [6.07, 6.45) is 1.18. The number of rotatable bonds is 4. The topological polar surface area (TPSA) is 114 Å². The van der Waals surface area contributed by atoms with Gasteiger partial charge in [-0.2, -0.15) is 13.1 Å². The summed E-state index contributed by atoms with van der Waals surface area (Å²) in [6, 6.07) is 0. The van der Waals surface area contributed by atoms with Crippen LogP contribution in [0.3, 0.4) is 0 Å². The van der Waals surface area contributed by atoms with E-state index in [0.29, 0.717) is 38.4 Å². The van der Waals surface area contributed by atoms with Gasteiger partial charge in [0, 0.05) is 26.2 Å². The number of aryl methyl sites for hydroxylation is 1. The van der Waals surface area contributed by atoms with E-state index in [1.165, 1.54) is 10.6 Å². The van der Waals surface area contributed by atoms with Crippen molar-refractivity contribution in [3.05, 3.63) is 22.8 Å². The minimum absolute atomic E-state index is 0.231. The van der Waals surface area contributed by atoms with E-state index in [1.54, 1.807) is 16.5 Å². The number of carbonyl (C=O) groups is 1. The molecule has 12 heteroatoms. The van der Waals surface area contributed by atoms with Crippen LogP contribution in [0.1, 0.15) is 27.6 Å². The Morgan fingerprint density at radius 3 is 2.40 bits per heavy atom. The molecule has 2 aromatic heterocycles. The zero-order valence-corrected chi connectivity index (χ0v) is 15.8. The molecule has 1 saturated heterocycles. The van der Waals surface area contributed by atoms with Crippen LogP contribution in [0.4, 0.5) is 0 Å². The van der Waals surface area contributed by atoms with Crippen LogP contribution in [0.5, 0.6) is 0 Å². The first kappa shape index (κ1) is 17.9. The summed E-state index contributed by atoms with van der Waals surface area (Å²) >= 11 is 1.14. The van der Waals surface area contributed by atoms with Crippen molar-refractivity contribution in [1.29, 1.82) is 0 Å². The average Bonchev–Trinajstić information content (AvgIpc) is 3.13. The second kappa shape index (κ2) is 6.77. The van der Waals surface area contributed by atoms with E-state index in [0.717, 1.165) is 23.1 Å². The van der Waals surface area contributed by atoms with Crippen LogP contribution in [0.25, 0.3) is 0 Å². The number of piperazine rings is 1. The van der Waals surface area contributed by atoms with E-state index in [-0.39, 0.29) is 11.6 Å². The highest BCUT2D eigenvalue weighted by Gasteiger charge is 2.29. The Balaban J connectivity index is 1.71. The lowest BCUT2D eigenvalue weighted by Gasteiger charge is -2.32. The minimum Gasteiger partial charge on any atom is -0.335 e. The number of nitrogens with zero attached hydrogens (tertiary/aromatic N) is 7. The van der Waals surface area contributed by atoms with Gasteiger partial charge >= 0.3 is 0 Å². The molecule has 0 aromatic carbocycles. The second-order valence-corrected chi connectivity index (χ2v) is 8.44. The summed E-state index contributed by atoms with van der Waals surface area (Å²) < 4.78 is 34.5. The van der Waals surface area contributed by atoms with E-state index in [4.69, 9.17) is 0 Å². The van der Waals surface area contributed by atoms with Crippen LogP contribution < -0.4 is 0 Å². The van der Waals surface area contributed by atoms with Gasteiger partial charge in [0.05, 0.1) is 41.6 Å². The molecule has 3 rings (SSSR count). The molecule has 0 aliphatic carbocycles. The zero-order valence-electron chi connectivity index (χ0n) is 14.2. The maximum absolute atomic E-state index is 12.7. The van der Waals surface area contributed by atoms with Crippen molar-refractivity contribution < 1.29 is 13.2 Å². The largest absolute Gasteiger partial charge is 0.335 e. The summed E-state index contributed by atoms with van der Waals surface area (Å²) in [7, 11) is -3.23. The average molecular weight is 385 g/mol. The molecule has 3 heterocycles. The summed E-state index contributed by atoms with van der Waals surface area (Å²) in [5.74, 6) is -0.231. The minimum atomic E-state index is -3.23. The highest BCUT2D eigenvalue weighted by molar-refractivity contribution is 7.88. The van der Waals surface area contributed by atoms with Crippen molar-refractivity contribution in [1.82, 2.24) is 32.9 Å². The maximum Gasteiger partial charge on any atom is 0.276 e. The SMILES string of the molecule is Cc1nsnc1Cn1nnc(C(=O)N2CCN(S(C)(=O)=O)CC2)c1C. The molecule has 25 heavy (non-hydrogen) atoms. The molecule has 1 amide bonds. The van der Waals surface area contributed by atoms with Gasteiger partial charge < -0.3 is 4.90 Å². The number of hydrogen-bond donors (Lipinski definition) is 0. The number of carbonyl (C=O) groups excluding carboxylic acids is 1. The molecule has 0 spiro atoms. The number of aromatic nitrogens is 5. The summed E-state index contributed by atoms with van der Waals surface area (Å²) in [5.41, 5.74) is 2.58. The molecule has 0 atom stereocenters. The Kier molecular flexibility index (Phi) is 4.84. The number of amides is 1. The molecular weight excluding hydrogens is 366 g/mol. The Bertz CT molecular complexity index is 881. The van der Waals surface area contributed by atoms with Crippen LogP contribution in [-0.4, -0.2) is 79.7 Å². The molecule has 0 unspecified atom stereocenters. The third-order valence-electron chi connectivity index (χ3n) is 4.23. The summed E-state index contributed by atoms with van der Waals surface area (Å²) in [6.45, 7) is 5.34. The second-order valence-electron chi connectivity index (χ2n) is 5.93. The standard InChI is InChI=1S/C13H19N7O3S2/c1-9-11(16-24-15-9)8-20-10(2)12(14-17-20)13(21)18-4-6-19(7-5-18)25(3,22)23/h4-8H2,1-3H3. The van der Waals surface area contributed by atoms with Gasteiger partial charge in [-0.3, -0.25) is 4.79 Å². The first-order chi connectivity index (χ1) is 11.8. The Hall–Kier alpha value is -1.92. The van der Waals surface area contributed by atoms with Gasteiger partial charge in [0.25, 0.3) is 5.91 Å². The van der Waals surface area contributed by atoms with E-state index in [1.807, 2.05) is 6.92 Å². The van der Waals surface area contributed by atoms with E-state index >= 15 is 0 Å². The van der Waals surface area contributed by atoms with E-state index in [2.05, 4.69) is 19.1 Å². The smallest absolute Gasteiger partial charge is 0.276 e. The molecule has 0 bridgehead atoms. The van der Waals surface area contributed by atoms with Gasteiger partial charge in [-0.1, -0.05) is 5.21 Å². The molecule has 0 N–H and O–H groups in total. The molecule has 2 aromatic rings. The Labute approximate surface area is 149 Å². The molecule has 1 fully saturated rings. The number of hydrogen-bond acceptors (Lipinski definition) is 8. The predicted octanol–water partition coefficient (Wildman–Crippen LogP) is -0.488. The van der Waals surface area contributed by atoms with Gasteiger partial charge in [-0.05, 0) is 13.8 Å². The monoisotopic (exact) mass is 385 g/mol. The van der Waals surface area contributed by atoms with Crippen molar-refractivity contribution in [3.8, 4) is 0 Å². The van der Waals surface area contributed by atoms with Crippen molar-refractivity contribution >= 4 is 27.7 Å². The van der Waals surface area contributed by atoms with Gasteiger partial charge in [-0.25, -0.2) is 13.1 Å². The van der Waals surface area contributed by atoms with E-state index < -0.39 is 10.0 Å². The van der Waals surface area contributed by atoms with Gasteiger partial charge in [-0.15, -0.1) is 5.10 Å². The molecular formula is C13H19N7O3S2. The predicted molar refractivity (Wildman–Crippen MR) is 90.8 cm³/mol. The molecule has 1 aliphatic heterocycles. The van der Waals surface area contributed by atoms with Crippen LogP contribution in [-0.2, 0) is 16.6 Å². The lowest BCUT2D eigenvalue weighted by atomic mass is 10.2. The Morgan fingerprint density at radius 1 is 1.16 bits per heavy atom. The van der Waals surface area contributed by atoms with Crippen molar-refractivity contribution in [2.45, 2.75) is 20.4 Å². The van der Waals surface area contributed by atoms with Crippen LogP contribution in [0.15, 0.2) is 0 Å². The first-order valence-corrected chi connectivity index (χ1v) is 10.3. The van der Waals surface area contributed by atoms with Crippen molar-refractivity contribution in [2.75, 3.05) is 32.4 Å². The van der Waals surface area contributed by atoms with Crippen LogP contribution in [0, 0.1) is 13.8 Å². The highest BCUT2D eigenvalue weighted by atomic mass is 32.2. The fourth-order valence-corrected chi connectivity index (χ4v) is 4.00. The fraction of sp³-hybridized carbons (Fsp3) is 0.615. The zero-order chi connectivity index (χ0) is 18.2. The third-order valence-corrected chi connectivity index (χ3v) is 6.19. The first-order valence-electron chi connectivity index (χ1n) is 7.70. The molecule has 1 aliphatic rings. The van der Waals surface area contributed by atoms with E-state index in [9.17, 15) is 13.2 Å². The van der Waals surface area contributed by atoms with Gasteiger partial charge in [0.15, 0.2) is 5.69 Å².